The van der Waals surface area contributed by atoms with Crippen molar-refractivity contribution in [2.75, 3.05) is 0 Å². The predicted octanol–water partition coefficient (Wildman–Crippen LogP) is -4.17. The average Bonchev–Trinajstić information content (AvgIpc) is 0.722. The zero-order valence-electron chi connectivity index (χ0n) is 2.67. The van der Waals surface area contributed by atoms with E-state index < -0.39 is 9.05 Å². The van der Waals surface area contributed by atoms with E-state index in [9.17, 15) is 0 Å². The molecule has 0 aromatic heterocycles. The van der Waals surface area contributed by atoms with Gasteiger partial charge in [-0.1, -0.05) is 0 Å². The van der Waals surface area contributed by atoms with E-state index in [1.807, 2.05) is 0 Å². The van der Waals surface area contributed by atoms with Crippen LogP contribution in [-0.4, -0.2) is 95.5 Å². The summed E-state index contributed by atoms with van der Waals surface area (Å²) >= 11 is 0. The number of rotatable bonds is 0. The Bertz CT molecular complexity index is 31.5. The maximum atomic E-state index is 7.33. The quantitative estimate of drug-likeness (QED) is 0.342. The van der Waals surface area contributed by atoms with Crippen molar-refractivity contribution in [3.63, 3.8) is 0 Å². The van der Waals surface area contributed by atoms with Crippen LogP contribution >= 0.6 is 0 Å². The summed E-state index contributed by atoms with van der Waals surface area (Å²) in [6, 6.07) is 0. The van der Waals surface area contributed by atoms with E-state index in [0.29, 0.717) is 0 Å². The van der Waals surface area contributed by atoms with Crippen LogP contribution in [0, 0.1) is 49.4 Å². The average molecular weight is 314 g/mol. The van der Waals surface area contributed by atoms with Crippen LogP contribution < -0.4 is 0 Å². The normalized spacial score (nSPS) is 7.50. The van der Waals surface area contributed by atoms with Crippen LogP contribution in [0.4, 0.5) is 0 Å². The van der Waals surface area contributed by atoms with E-state index in [1.54, 1.807) is 0 Å². The summed E-state index contributed by atoms with van der Waals surface area (Å²) in [5.74, 6) is 0. The third-order valence-electron chi connectivity index (χ3n) is 0. The Morgan fingerprint density at radius 3 is 0.875 bits per heavy atom. The molecule has 45 valence electrons. The Morgan fingerprint density at radius 1 is 0.875 bits per heavy atom. The topological polar surface area (TPSA) is 80.9 Å². The summed E-state index contributed by atoms with van der Waals surface area (Å²) in [4.78, 5) is 29.3. The minimum atomic E-state index is -4.61. The fourth-order valence-corrected chi connectivity index (χ4v) is 0. The summed E-state index contributed by atoms with van der Waals surface area (Å²) in [6.45, 7) is 0. The Labute approximate surface area is 141 Å². The molecule has 0 aromatic carbocycles. The first-order chi connectivity index (χ1) is 2.00. The van der Waals surface area contributed by atoms with E-state index in [-0.39, 0.29) is 117 Å². The first-order valence-corrected chi connectivity index (χ1v) is 2.68. The van der Waals surface area contributed by atoms with Gasteiger partial charge in [-0.25, -0.2) is 0 Å². The van der Waals surface area contributed by atoms with Gasteiger partial charge in [-0.2, -0.15) is 0 Å². The summed E-state index contributed by atoms with van der Waals surface area (Å²) < 4.78 is 0. The third kappa shape index (κ3) is 51.5. The molecule has 4 nitrogen and oxygen atoms in total. The molecular weight excluding hydrogens is 307 g/mol. The minimum absolute atomic E-state index is 0. The van der Waals surface area contributed by atoms with E-state index in [1.165, 1.54) is 0 Å². The van der Waals surface area contributed by atoms with Crippen molar-refractivity contribution >= 4 is 76.3 Å². The third-order valence-corrected chi connectivity index (χ3v) is 0. The second kappa shape index (κ2) is 10.9. The molecule has 0 bridgehead atoms. The van der Waals surface area contributed by atoms with Gasteiger partial charge in [0.15, 0.2) is 0 Å². The molecule has 8 heteroatoms. The summed E-state index contributed by atoms with van der Waals surface area (Å²) in [7, 11) is -4.61. The molecule has 0 aromatic rings. The standard InChI is InChI=1S/Ca.Eu.Na.H4O4Si.3H/c;;;1-5(2,3)4;;;/h;;;1-4H;;;. The molecule has 1 radical (unpaired) electrons. The summed E-state index contributed by atoms with van der Waals surface area (Å²) in [6.07, 6.45) is 0. The molecule has 0 saturated carbocycles. The van der Waals surface area contributed by atoms with Gasteiger partial charge in [0.2, 0.25) is 0 Å². The van der Waals surface area contributed by atoms with E-state index in [0.717, 1.165) is 0 Å². The van der Waals surface area contributed by atoms with Crippen LogP contribution in [0.5, 0.6) is 0 Å². The van der Waals surface area contributed by atoms with Crippen molar-refractivity contribution in [3.05, 3.63) is 0 Å². The molecule has 0 fully saturated rings. The molecular formula is H7CaEuNaO4Si. The second-order valence-electron chi connectivity index (χ2n) is 0.600. The molecule has 4 N–H and O–H groups in total. The Hall–Kier alpha value is 3.90. The van der Waals surface area contributed by atoms with Gasteiger partial charge < -0.3 is 19.2 Å². The molecule has 0 amide bonds. The molecule has 0 unspecified atom stereocenters. The van der Waals surface area contributed by atoms with Gasteiger partial charge in [-0.3, -0.25) is 0 Å². The van der Waals surface area contributed by atoms with E-state index >= 15 is 0 Å². The fourth-order valence-electron chi connectivity index (χ4n) is 0. The van der Waals surface area contributed by atoms with E-state index in [4.69, 9.17) is 19.2 Å². The zero-order chi connectivity index (χ0) is 4.50. The van der Waals surface area contributed by atoms with Crippen LogP contribution in [0.3, 0.4) is 0 Å². The van der Waals surface area contributed by atoms with Gasteiger partial charge in [0, 0.05) is 49.4 Å². The Balaban J connectivity index is -0.0000000267. The zero-order valence-corrected chi connectivity index (χ0v) is 6.09. The molecule has 0 atom stereocenters. The summed E-state index contributed by atoms with van der Waals surface area (Å²) in [5, 5.41) is 0. The molecule has 8 heavy (non-hydrogen) atoms. The van der Waals surface area contributed by atoms with Crippen LogP contribution in [-0.2, 0) is 0 Å². The SMILES string of the molecule is O[Si](O)(O)O.[CaH2].[Eu].[NaH]. The van der Waals surface area contributed by atoms with Gasteiger partial charge in [-0.15, -0.1) is 0 Å². The van der Waals surface area contributed by atoms with Crippen molar-refractivity contribution in [3.8, 4) is 0 Å². The van der Waals surface area contributed by atoms with E-state index in [2.05, 4.69) is 0 Å². The van der Waals surface area contributed by atoms with Crippen molar-refractivity contribution in [1.29, 1.82) is 0 Å². The number of hydrogen-bond acceptors (Lipinski definition) is 4. The van der Waals surface area contributed by atoms with Crippen molar-refractivity contribution < 1.29 is 68.6 Å². The maximum absolute atomic E-state index is 7.33. The van der Waals surface area contributed by atoms with Crippen LogP contribution in [0.15, 0.2) is 0 Å². The van der Waals surface area contributed by atoms with Crippen molar-refractivity contribution in [2.24, 2.45) is 0 Å². The van der Waals surface area contributed by atoms with Gasteiger partial charge in [0.1, 0.15) is 0 Å². The van der Waals surface area contributed by atoms with Crippen LogP contribution in [0.25, 0.3) is 0 Å². The summed E-state index contributed by atoms with van der Waals surface area (Å²) in [5.41, 5.74) is 0. The predicted molar refractivity (Wildman–Crippen MR) is 30.3 cm³/mol. The van der Waals surface area contributed by atoms with Gasteiger partial charge in [-0.05, 0) is 0 Å². The van der Waals surface area contributed by atoms with Crippen LogP contribution in [0.1, 0.15) is 0 Å². The molecule has 0 rings (SSSR count). The number of hydrogen-bond donors (Lipinski definition) is 4. The van der Waals surface area contributed by atoms with Crippen LogP contribution in [0.2, 0.25) is 0 Å². The first-order valence-electron chi connectivity index (χ1n) is 0.894. The molecule has 0 aliphatic rings. The van der Waals surface area contributed by atoms with Gasteiger partial charge in [0.05, 0.1) is 0 Å². The monoisotopic (exact) mass is 315 g/mol. The van der Waals surface area contributed by atoms with Gasteiger partial charge in [0.25, 0.3) is 0 Å². The van der Waals surface area contributed by atoms with Crippen molar-refractivity contribution in [1.82, 2.24) is 0 Å². The molecule has 0 spiro atoms. The van der Waals surface area contributed by atoms with Gasteiger partial charge >= 0.3 is 76.3 Å². The Morgan fingerprint density at radius 2 is 0.875 bits per heavy atom. The second-order valence-corrected chi connectivity index (χ2v) is 1.80. The molecule has 0 saturated heterocycles. The Kier molecular flexibility index (Phi) is 30.9. The molecule has 0 heterocycles. The molecule has 0 aliphatic carbocycles. The molecule has 0 aliphatic heterocycles. The fraction of sp³-hybridized carbons (Fsp3) is 0. The van der Waals surface area contributed by atoms with Crippen molar-refractivity contribution in [2.45, 2.75) is 0 Å². The first kappa shape index (κ1) is 22.7.